The summed E-state index contributed by atoms with van der Waals surface area (Å²) in [5.74, 6) is -17.9. The first kappa shape index (κ1) is 52.5. The summed E-state index contributed by atoms with van der Waals surface area (Å²) in [7, 11) is 0. The Hall–Kier alpha value is -2.86. The minimum atomic E-state index is -3.28. The number of hydrogen-bond acceptors (Lipinski definition) is 12. The van der Waals surface area contributed by atoms with Crippen molar-refractivity contribution < 1.29 is 94.2 Å². The molecule has 6 rings (SSSR count). The first-order chi connectivity index (χ1) is 28.7. The summed E-state index contributed by atoms with van der Waals surface area (Å²) in [5, 5.41) is 53.5. The van der Waals surface area contributed by atoms with Crippen LogP contribution in [-0.4, -0.2) is 137 Å². The summed E-state index contributed by atoms with van der Waals surface area (Å²) in [6.07, 6.45) is -6.22. The Kier molecular flexibility index (Phi) is 20.4. The number of rotatable bonds is 15. The molecule has 11 atom stereocenters. The molecule has 4 saturated heterocycles. The van der Waals surface area contributed by atoms with Crippen molar-refractivity contribution in [2.45, 2.75) is 107 Å². The highest BCUT2D eigenvalue weighted by atomic mass is 19.3. The molecule has 20 heteroatoms. The van der Waals surface area contributed by atoms with E-state index in [1.807, 2.05) is 60.7 Å². The van der Waals surface area contributed by atoms with Gasteiger partial charge in [0.25, 0.3) is 23.7 Å². The van der Waals surface area contributed by atoms with Gasteiger partial charge in [-0.15, -0.1) is 6.58 Å². The van der Waals surface area contributed by atoms with Crippen molar-refractivity contribution in [3.63, 3.8) is 0 Å². The Morgan fingerprint density at radius 3 is 1.64 bits per heavy atom. The van der Waals surface area contributed by atoms with Crippen molar-refractivity contribution in [2.24, 2.45) is 23.7 Å². The molecular weight excluding hydrogens is 836 g/mol. The maximum absolute atomic E-state index is 13.7. The van der Waals surface area contributed by atoms with Crippen molar-refractivity contribution in [3.8, 4) is 0 Å². The van der Waals surface area contributed by atoms with Crippen LogP contribution < -0.4 is 0 Å². The zero-order valence-electron chi connectivity index (χ0n) is 33.6. The molecule has 12 nitrogen and oxygen atoms in total. The molecule has 0 radical (unpaired) electrons. The van der Waals surface area contributed by atoms with Crippen LogP contribution in [0.1, 0.15) is 37.8 Å². The summed E-state index contributed by atoms with van der Waals surface area (Å²) < 4.78 is 135. The van der Waals surface area contributed by atoms with Gasteiger partial charge in [0.15, 0.2) is 18.9 Å². The second-order valence-corrected chi connectivity index (χ2v) is 14.8. The molecule has 348 valence electrons. The zero-order valence-corrected chi connectivity index (χ0v) is 33.6. The van der Waals surface area contributed by atoms with E-state index in [4.69, 9.17) is 39.7 Å². The average molecular weight is 893 g/mol. The molecule has 4 heterocycles. The van der Waals surface area contributed by atoms with Gasteiger partial charge in [-0.3, -0.25) is 0 Å². The van der Waals surface area contributed by atoms with Crippen LogP contribution in [0, 0.1) is 23.7 Å². The SMILES string of the molecule is C=C[C@H]([C@H](CC)OCc1ccccc1)C(F)(F)CO.CC[C@H](OCc1ccccc1)[C@H]1C(O)OCC1(F)F.OC[C@H](O)[C@H]1C(O)OCC1(F)F.O[C@H]1CO[C@H]2OCC(F)(F)[C@H]21. The quantitative estimate of drug-likeness (QED) is 0.105. The third-order valence-electron chi connectivity index (χ3n) is 10.3. The number of fused-ring (bicyclic) bond motifs is 1. The zero-order chi connectivity index (χ0) is 45.6. The maximum Gasteiger partial charge on any atom is 0.281 e. The van der Waals surface area contributed by atoms with Crippen LogP contribution in [0.4, 0.5) is 35.1 Å². The molecule has 4 aliphatic rings. The van der Waals surface area contributed by atoms with Crippen LogP contribution in [0.3, 0.4) is 0 Å². The number of aliphatic hydroxyl groups excluding tert-OH is 6. The van der Waals surface area contributed by atoms with E-state index in [0.29, 0.717) is 12.8 Å². The largest absolute Gasteiger partial charge is 0.394 e. The van der Waals surface area contributed by atoms with E-state index in [1.54, 1.807) is 13.8 Å². The normalized spacial score (nSPS) is 29.0. The van der Waals surface area contributed by atoms with E-state index in [-0.39, 0.29) is 19.8 Å². The van der Waals surface area contributed by atoms with E-state index in [1.165, 1.54) is 0 Å². The number of alkyl halides is 8. The van der Waals surface area contributed by atoms with Crippen molar-refractivity contribution in [1.29, 1.82) is 0 Å². The highest BCUT2D eigenvalue weighted by Gasteiger charge is 2.59. The number of halogens is 8. The molecule has 0 bridgehead atoms. The summed E-state index contributed by atoms with van der Waals surface area (Å²) in [5.41, 5.74) is 1.84. The smallest absolute Gasteiger partial charge is 0.281 e. The van der Waals surface area contributed by atoms with Gasteiger partial charge in [-0.05, 0) is 24.0 Å². The van der Waals surface area contributed by atoms with Crippen LogP contribution in [0.15, 0.2) is 73.3 Å². The predicted octanol–water partition coefficient (Wildman–Crippen LogP) is 4.92. The van der Waals surface area contributed by atoms with Gasteiger partial charge in [-0.25, -0.2) is 35.1 Å². The highest BCUT2D eigenvalue weighted by Crippen LogP contribution is 2.42. The molecule has 0 aromatic heterocycles. The van der Waals surface area contributed by atoms with Crippen LogP contribution >= 0.6 is 0 Å². The summed E-state index contributed by atoms with van der Waals surface area (Å²) in [6, 6.07) is 18.7. The molecule has 0 aliphatic carbocycles. The van der Waals surface area contributed by atoms with Crippen LogP contribution in [0.25, 0.3) is 0 Å². The third-order valence-corrected chi connectivity index (χ3v) is 10.3. The van der Waals surface area contributed by atoms with Crippen molar-refractivity contribution >= 4 is 0 Å². The average Bonchev–Trinajstić information content (AvgIpc) is 3.94. The first-order valence-electron chi connectivity index (χ1n) is 19.5. The van der Waals surface area contributed by atoms with Gasteiger partial charge in [0.1, 0.15) is 44.2 Å². The van der Waals surface area contributed by atoms with Gasteiger partial charge in [-0.1, -0.05) is 80.6 Å². The molecule has 2 aromatic carbocycles. The summed E-state index contributed by atoms with van der Waals surface area (Å²) >= 11 is 0. The van der Waals surface area contributed by atoms with Crippen LogP contribution in [0.2, 0.25) is 0 Å². The lowest BCUT2D eigenvalue weighted by molar-refractivity contribution is -0.146. The van der Waals surface area contributed by atoms with E-state index in [0.717, 1.165) is 17.2 Å². The molecule has 6 N–H and O–H groups in total. The molecule has 0 amide bonds. The second kappa shape index (κ2) is 23.7. The highest BCUT2D eigenvalue weighted by molar-refractivity contribution is 5.14. The lowest BCUT2D eigenvalue weighted by Gasteiger charge is -2.29. The molecule has 4 fully saturated rings. The fourth-order valence-corrected chi connectivity index (χ4v) is 6.96. The Labute approximate surface area is 348 Å². The van der Waals surface area contributed by atoms with Gasteiger partial charge in [0.2, 0.25) is 0 Å². The van der Waals surface area contributed by atoms with Crippen LogP contribution in [0.5, 0.6) is 0 Å². The lowest BCUT2D eigenvalue weighted by Crippen LogP contribution is -2.41. The van der Waals surface area contributed by atoms with E-state index in [9.17, 15) is 40.2 Å². The molecule has 2 aromatic rings. The van der Waals surface area contributed by atoms with Gasteiger partial charge in [0.05, 0.1) is 56.8 Å². The van der Waals surface area contributed by atoms with E-state index < -0.39 is 124 Å². The minimum Gasteiger partial charge on any atom is -0.394 e. The number of ether oxygens (including phenoxy) is 6. The van der Waals surface area contributed by atoms with Crippen LogP contribution in [-0.2, 0) is 41.6 Å². The summed E-state index contributed by atoms with van der Waals surface area (Å²) in [4.78, 5) is 0. The van der Waals surface area contributed by atoms with E-state index in [2.05, 4.69) is 20.8 Å². The Morgan fingerprint density at radius 1 is 0.738 bits per heavy atom. The second-order valence-electron chi connectivity index (χ2n) is 14.8. The van der Waals surface area contributed by atoms with Crippen molar-refractivity contribution in [1.82, 2.24) is 0 Å². The fraction of sp³-hybridized carbons (Fsp3) is 0.659. The number of hydrogen-bond donors (Lipinski definition) is 6. The fourth-order valence-electron chi connectivity index (χ4n) is 6.96. The van der Waals surface area contributed by atoms with E-state index >= 15 is 0 Å². The van der Waals surface area contributed by atoms with Crippen molar-refractivity contribution in [2.75, 3.05) is 39.6 Å². The van der Waals surface area contributed by atoms with Gasteiger partial charge in [-0.2, -0.15) is 0 Å². The van der Waals surface area contributed by atoms with Gasteiger partial charge in [0, 0.05) is 0 Å². The topological polar surface area (TPSA) is 177 Å². The third kappa shape index (κ3) is 14.6. The Bertz CT molecular complexity index is 1550. The molecule has 4 aliphatic heterocycles. The van der Waals surface area contributed by atoms with Gasteiger partial charge >= 0.3 is 0 Å². The Morgan fingerprint density at radius 2 is 1.23 bits per heavy atom. The monoisotopic (exact) mass is 892 g/mol. The van der Waals surface area contributed by atoms with Gasteiger partial charge < -0.3 is 59.1 Å². The van der Waals surface area contributed by atoms with Crippen molar-refractivity contribution in [3.05, 3.63) is 84.4 Å². The molecule has 2 unspecified atom stereocenters. The standard InChI is InChI=1S/C15H20F2O2.C14H18F2O3.C6H10F2O4.C6H8F2O3/c1-3-13(15(16,17)11-18)14(4-2)19-10-12-8-6-5-7-9-12;1-2-11(12-13(17)19-9-14(12,15)16)18-8-10-6-4-3-5-7-10;7-6(8)2-12-5(11)4(6)3(10)1-9;7-6(8)2-11-5-4(6)3(9)1-10-5/h3,5-9,13-14,18H,1,4,10-11H2,2H3;3-7,11-13,17H,2,8-9H2,1H3;3-5,9-11H,1-2H2;3-5,9H,1-2H2/t13-,14+;11-,12-,13?;3-,4-,5?;3-,4-,5-/m1000/s1. The number of benzene rings is 2. The summed E-state index contributed by atoms with van der Waals surface area (Å²) in [6.45, 7) is 3.11. The lowest BCUT2D eigenvalue weighted by atomic mass is 9.93. The molecule has 0 spiro atoms. The first-order valence-corrected chi connectivity index (χ1v) is 19.5. The molecule has 61 heavy (non-hydrogen) atoms. The predicted molar refractivity (Wildman–Crippen MR) is 200 cm³/mol. The maximum atomic E-state index is 13.7. The molecular formula is C41H56F8O12. The minimum absolute atomic E-state index is 0.0507. The molecule has 0 saturated carbocycles. The Balaban J connectivity index is 0.000000223. The number of aliphatic hydroxyl groups is 6.